The maximum atomic E-state index is 5.57. The van der Waals surface area contributed by atoms with E-state index in [2.05, 4.69) is 20.3 Å². The van der Waals surface area contributed by atoms with Gasteiger partial charge in [0.15, 0.2) is 0 Å². The zero-order valence-electron chi connectivity index (χ0n) is 10.3. The van der Waals surface area contributed by atoms with Crippen molar-refractivity contribution in [3.8, 4) is 6.01 Å². The van der Waals surface area contributed by atoms with Crippen molar-refractivity contribution >= 4 is 11.9 Å². The van der Waals surface area contributed by atoms with E-state index in [-0.39, 0.29) is 18.0 Å². The lowest BCUT2D eigenvalue weighted by molar-refractivity contribution is 0.379. The van der Waals surface area contributed by atoms with E-state index in [0.717, 1.165) is 5.56 Å². The normalized spacial score (nSPS) is 11.9. The molecule has 0 spiro atoms. The molecule has 0 radical (unpaired) electrons. The average Bonchev–Trinajstić information content (AvgIpc) is 2.39. The highest BCUT2D eigenvalue weighted by atomic mass is 16.5. The zero-order valence-corrected chi connectivity index (χ0v) is 10.3. The number of nitrogens with one attached hydrogen (secondary N) is 1. The van der Waals surface area contributed by atoms with Gasteiger partial charge in [0.1, 0.15) is 0 Å². The summed E-state index contributed by atoms with van der Waals surface area (Å²) in [6.07, 6.45) is 0. The van der Waals surface area contributed by atoms with Gasteiger partial charge < -0.3 is 15.8 Å². The summed E-state index contributed by atoms with van der Waals surface area (Å²) in [6, 6.07) is 10.3. The van der Waals surface area contributed by atoms with E-state index in [1.807, 2.05) is 37.3 Å². The topological polar surface area (TPSA) is 86.0 Å². The summed E-state index contributed by atoms with van der Waals surface area (Å²) < 4.78 is 4.94. The van der Waals surface area contributed by atoms with Crippen molar-refractivity contribution in [1.82, 2.24) is 15.0 Å². The van der Waals surface area contributed by atoms with Crippen LogP contribution in [-0.2, 0) is 0 Å². The molecule has 2 rings (SSSR count). The van der Waals surface area contributed by atoms with Crippen molar-refractivity contribution < 1.29 is 4.74 Å². The monoisotopic (exact) mass is 245 g/mol. The lowest BCUT2D eigenvalue weighted by Crippen LogP contribution is -2.11. The van der Waals surface area contributed by atoms with E-state index in [0.29, 0.717) is 5.95 Å². The smallest absolute Gasteiger partial charge is 0.322 e. The van der Waals surface area contributed by atoms with E-state index in [1.165, 1.54) is 7.11 Å². The van der Waals surface area contributed by atoms with Crippen LogP contribution < -0.4 is 15.8 Å². The number of aromatic nitrogens is 3. The molecule has 6 heteroatoms. The lowest BCUT2D eigenvalue weighted by Gasteiger charge is -2.14. The van der Waals surface area contributed by atoms with E-state index in [9.17, 15) is 0 Å². The number of nitrogens with two attached hydrogens (primary N) is 1. The predicted molar refractivity (Wildman–Crippen MR) is 69.3 cm³/mol. The fourth-order valence-electron chi connectivity index (χ4n) is 1.55. The van der Waals surface area contributed by atoms with Crippen LogP contribution in [0, 0.1) is 0 Å². The van der Waals surface area contributed by atoms with E-state index < -0.39 is 0 Å². The molecule has 0 saturated heterocycles. The second-order valence-electron chi connectivity index (χ2n) is 3.78. The van der Waals surface area contributed by atoms with Crippen LogP contribution in [0.15, 0.2) is 30.3 Å². The lowest BCUT2D eigenvalue weighted by atomic mass is 10.1. The Morgan fingerprint density at radius 3 is 2.56 bits per heavy atom. The molecule has 0 bridgehead atoms. The number of benzene rings is 1. The first-order valence-electron chi connectivity index (χ1n) is 5.56. The molecule has 0 fully saturated rings. The molecule has 1 atom stereocenters. The molecule has 0 aliphatic rings. The summed E-state index contributed by atoms with van der Waals surface area (Å²) in [5, 5.41) is 3.15. The SMILES string of the molecule is COc1nc(N)nc(NC(C)c2ccccc2)n1. The number of hydrogen-bond acceptors (Lipinski definition) is 6. The first kappa shape index (κ1) is 12.1. The molecule has 0 aliphatic heterocycles. The Balaban J connectivity index is 2.16. The third-order valence-corrected chi connectivity index (χ3v) is 2.46. The van der Waals surface area contributed by atoms with Crippen molar-refractivity contribution in [2.45, 2.75) is 13.0 Å². The molecule has 18 heavy (non-hydrogen) atoms. The standard InChI is InChI=1S/C12H15N5O/c1-8(9-6-4-3-5-7-9)14-11-15-10(13)16-12(17-11)18-2/h3-8H,1-2H3,(H3,13,14,15,16,17). The molecular formula is C12H15N5O. The number of hydrogen-bond donors (Lipinski definition) is 2. The highest BCUT2D eigenvalue weighted by Crippen LogP contribution is 2.17. The van der Waals surface area contributed by atoms with Crippen LogP contribution in [0.2, 0.25) is 0 Å². The minimum absolute atomic E-state index is 0.0673. The molecule has 1 unspecified atom stereocenters. The number of methoxy groups -OCH3 is 1. The number of nitrogens with zero attached hydrogens (tertiary/aromatic N) is 3. The van der Waals surface area contributed by atoms with Crippen molar-refractivity contribution in [2.24, 2.45) is 0 Å². The molecule has 1 heterocycles. The Labute approximate surface area is 105 Å². The van der Waals surface area contributed by atoms with Crippen LogP contribution >= 0.6 is 0 Å². The van der Waals surface area contributed by atoms with Crippen molar-refractivity contribution in [1.29, 1.82) is 0 Å². The summed E-state index contributed by atoms with van der Waals surface area (Å²) in [4.78, 5) is 11.9. The van der Waals surface area contributed by atoms with Gasteiger partial charge in [0.25, 0.3) is 0 Å². The van der Waals surface area contributed by atoms with Crippen molar-refractivity contribution in [3.05, 3.63) is 35.9 Å². The number of nitrogen functional groups attached to an aromatic ring is 1. The van der Waals surface area contributed by atoms with Crippen LogP contribution in [0.1, 0.15) is 18.5 Å². The Morgan fingerprint density at radius 2 is 1.89 bits per heavy atom. The Hall–Kier alpha value is -2.37. The zero-order chi connectivity index (χ0) is 13.0. The molecule has 0 aliphatic carbocycles. The van der Waals surface area contributed by atoms with Gasteiger partial charge in [0.2, 0.25) is 11.9 Å². The number of anilines is 2. The minimum atomic E-state index is 0.0673. The summed E-state index contributed by atoms with van der Waals surface area (Å²) in [5.74, 6) is 0.528. The van der Waals surface area contributed by atoms with Gasteiger partial charge in [-0.15, -0.1) is 0 Å². The summed E-state index contributed by atoms with van der Waals surface area (Å²) in [5.41, 5.74) is 6.70. The second kappa shape index (κ2) is 5.31. The molecule has 0 amide bonds. The summed E-state index contributed by atoms with van der Waals surface area (Å²) in [6.45, 7) is 2.02. The van der Waals surface area contributed by atoms with Crippen molar-refractivity contribution in [2.75, 3.05) is 18.2 Å². The van der Waals surface area contributed by atoms with Crippen LogP contribution in [0.3, 0.4) is 0 Å². The average molecular weight is 245 g/mol. The maximum absolute atomic E-state index is 5.57. The fraction of sp³-hybridized carbons (Fsp3) is 0.250. The molecule has 3 N–H and O–H groups in total. The van der Waals surface area contributed by atoms with Gasteiger partial charge in [0, 0.05) is 0 Å². The van der Waals surface area contributed by atoms with Crippen LogP contribution in [-0.4, -0.2) is 22.1 Å². The predicted octanol–water partition coefficient (Wildman–Crippen LogP) is 1.64. The Morgan fingerprint density at radius 1 is 1.17 bits per heavy atom. The van der Waals surface area contributed by atoms with E-state index >= 15 is 0 Å². The molecule has 94 valence electrons. The second-order valence-corrected chi connectivity index (χ2v) is 3.78. The Bertz CT molecular complexity index is 517. The molecular weight excluding hydrogens is 230 g/mol. The molecule has 0 saturated carbocycles. The summed E-state index contributed by atoms with van der Waals surface area (Å²) >= 11 is 0. The van der Waals surface area contributed by atoms with Gasteiger partial charge in [-0.1, -0.05) is 30.3 Å². The fourth-order valence-corrected chi connectivity index (χ4v) is 1.55. The number of ether oxygens (including phenoxy) is 1. The molecule has 2 aromatic rings. The van der Waals surface area contributed by atoms with Crippen LogP contribution in [0.5, 0.6) is 6.01 Å². The first-order valence-corrected chi connectivity index (χ1v) is 5.56. The van der Waals surface area contributed by atoms with Crippen LogP contribution in [0.25, 0.3) is 0 Å². The third-order valence-electron chi connectivity index (χ3n) is 2.46. The van der Waals surface area contributed by atoms with Crippen molar-refractivity contribution in [3.63, 3.8) is 0 Å². The Kier molecular flexibility index (Phi) is 3.57. The number of rotatable bonds is 4. The quantitative estimate of drug-likeness (QED) is 0.851. The largest absolute Gasteiger partial charge is 0.467 e. The van der Waals surface area contributed by atoms with Gasteiger partial charge in [-0.05, 0) is 12.5 Å². The van der Waals surface area contributed by atoms with Gasteiger partial charge in [-0.2, -0.15) is 15.0 Å². The first-order chi connectivity index (χ1) is 8.69. The van der Waals surface area contributed by atoms with E-state index in [1.54, 1.807) is 0 Å². The maximum Gasteiger partial charge on any atom is 0.322 e. The molecule has 6 nitrogen and oxygen atoms in total. The van der Waals surface area contributed by atoms with Gasteiger partial charge in [-0.25, -0.2) is 0 Å². The third kappa shape index (κ3) is 2.85. The minimum Gasteiger partial charge on any atom is -0.467 e. The molecule has 1 aromatic heterocycles. The summed E-state index contributed by atoms with van der Waals surface area (Å²) in [7, 11) is 1.49. The molecule has 1 aromatic carbocycles. The highest BCUT2D eigenvalue weighted by Gasteiger charge is 2.09. The van der Waals surface area contributed by atoms with Gasteiger partial charge >= 0.3 is 6.01 Å². The van der Waals surface area contributed by atoms with E-state index in [4.69, 9.17) is 10.5 Å². The van der Waals surface area contributed by atoms with Gasteiger partial charge in [-0.3, -0.25) is 0 Å². The van der Waals surface area contributed by atoms with Gasteiger partial charge in [0.05, 0.1) is 13.2 Å². The van der Waals surface area contributed by atoms with Crippen LogP contribution in [0.4, 0.5) is 11.9 Å². The highest BCUT2D eigenvalue weighted by molar-refractivity contribution is 5.36.